The third kappa shape index (κ3) is 2.04. The molecule has 1 atom stereocenters. The maximum atomic E-state index is 4.77. The highest BCUT2D eigenvalue weighted by molar-refractivity contribution is 5.76. The van der Waals surface area contributed by atoms with Crippen molar-refractivity contribution in [3.05, 3.63) is 30.0 Å². The number of aromatic nitrogens is 2. The van der Waals surface area contributed by atoms with E-state index in [1.54, 1.807) is 0 Å². The second-order valence-electron chi connectivity index (χ2n) is 4.92. The smallest absolute Gasteiger partial charge is 0.150 e. The standard InChI is InChI=1S/C14H18N4/c1-10-9-18(8-7-15-10)14-11(2)16-12-5-3-4-6-13(12)17-14/h3-6,10,15H,7-9H2,1-2H3. The van der Waals surface area contributed by atoms with Gasteiger partial charge in [0.2, 0.25) is 0 Å². The first-order valence-corrected chi connectivity index (χ1v) is 6.46. The fourth-order valence-corrected chi connectivity index (χ4v) is 2.50. The summed E-state index contributed by atoms with van der Waals surface area (Å²) in [6.07, 6.45) is 0. The van der Waals surface area contributed by atoms with Crippen LogP contribution in [0.4, 0.5) is 5.82 Å². The minimum atomic E-state index is 0.506. The summed E-state index contributed by atoms with van der Waals surface area (Å²) < 4.78 is 0. The SMILES string of the molecule is Cc1nc2ccccc2nc1N1CCNC(C)C1. The molecule has 1 N–H and O–H groups in total. The molecule has 1 aliphatic rings. The number of hydrogen-bond donors (Lipinski definition) is 1. The van der Waals surface area contributed by atoms with Gasteiger partial charge < -0.3 is 10.2 Å². The largest absolute Gasteiger partial charge is 0.352 e. The Hall–Kier alpha value is -1.68. The molecule has 4 nitrogen and oxygen atoms in total. The van der Waals surface area contributed by atoms with Gasteiger partial charge in [-0.3, -0.25) is 0 Å². The zero-order valence-corrected chi connectivity index (χ0v) is 10.8. The van der Waals surface area contributed by atoms with Crippen LogP contribution in [0, 0.1) is 6.92 Å². The van der Waals surface area contributed by atoms with E-state index in [4.69, 9.17) is 4.98 Å². The lowest BCUT2D eigenvalue weighted by Gasteiger charge is -2.33. The highest BCUT2D eigenvalue weighted by Gasteiger charge is 2.19. The maximum absolute atomic E-state index is 4.77. The van der Waals surface area contributed by atoms with Gasteiger partial charge in [0.05, 0.1) is 16.7 Å². The molecule has 1 fully saturated rings. The van der Waals surface area contributed by atoms with E-state index in [0.29, 0.717) is 6.04 Å². The van der Waals surface area contributed by atoms with Crippen molar-refractivity contribution < 1.29 is 0 Å². The molecule has 18 heavy (non-hydrogen) atoms. The van der Waals surface area contributed by atoms with Crippen molar-refractivity contribution >= 4 is 16.9 Å². The van der Waals surface area contributed by atoms with E-state index in [2.05, 4.69) is 22.1 Å². The van der Waals surface area contributed by atoms with Gasteiger partial charge in [0.15, 0.2) is 5.82 Å². The number of benzene rings is 1. The van der Waals surface area contributed by atoms with Crippen molar-refractivity contribution in [3.63, 3.8) is 0 Å². The van der Waals surface area contributed by atoms with Crippen LogP contribution in [0.1, 0.15) is 12.6 Å². The number of piperazine rings is 1. The molecule has 94 valence electrons. The molecule has 0 aliphatic carbocycles. The summed E-state index contributed by atoms with van der Waals surface area (Å²) >= 11 is 0. The summed E-state index contributed by atoms with van der Waals surface area (Å²) in [6, 6.07) is 8.56. The third-order valence-electron chi connectivity index (χ3n) is 3.39. The van der Waals surface area contributed by atoms with Crippen LogP contribution in [0.5, 0.6) is 0 Å². The highest BCUT2D eigenvalue weighted by atomic mass is 15.2. The average Bonchev–Trinajstić information content (AvgIpc) is 2.38. The van der Waals surface area contributed by atoms with Gasteiger partial charge in [-0.15, -0.1) is 0 Å². The zero-order chi connectivity index (χ0) is 12.5. The van der Waals surface area contributed by atoms with E-state index in [1.807, 2.05) is 31.2 Å². The van der Waals surface area contributed by atoms with Crippen LogP contribution in [0.15, 0.2) is 24.3 Å². The van der Waals surface area contributed by atoms with Gasteiger partial charge in [-0.25, -0.2) is 9.97 Å². The molecule has 1 aromatic carbocycles. The number of hydrogen-bond acceptors (Lipinski definition) is 4. The van der Waals surface area contributed by atoms with Crippen molar-refractivity contribution in [3.8, 4) is 0 Å². The van der Waals surface area contributed by atoms with Gasteiger partial charge in [-0.2, -0.15) is 0 Å². The van der Waals surface area contributed by atoms with E-state index >= 15 is 0 Å². The number of nitrogens with zero attached hydrogens (tertiary/aromatic N) is 3. The van der Waals surface area contributed by atoms with Gasteiger partial charge in [-0.05, 0) is 26.0 Å². The van der Waals surface area contributed by atoms with Crippen LogP contribution in [-0.4, -0.2) is 35.6 Å². The van der Waals surface area contributed by atoms with Crippen LogP contribution in [0.3, 0.4) is 0 Å². The second-order valence-corrected chi connectivity index (χ2v) is 4.92. The molecule has 1 aromatic heterocycles. The van der Waals surface area contributed by atoms with Crippen LogP contribution in [-0.2, 0) is 0 Å². The summed E-state index contributed by atoms with van der Waals surface area (Å²) in [4.78, 5) is 11.7. The van der Waals surface area contributed by atoms with Crippen molar-refractivity contribution in [1.82, 2.24) is 15.3 Å². The fraction of sp³-hybridized carbons (Fsp3) is 0.429. The molecule has 1 aliphatic heterocycles. The van der Waals surface area contributed by atoms with E-state index in [-0.39, 0.29) is 0 Å². The molecule has 0 spiro atoms. The third-order valence-corrected chi connectivity index (χ3v) is 3.39. The number of aryl methyl sites for hydroxylation is 1. The van der Waals surface area contributed by atoms with Crippen molar-refractivity contribution in [2.45, 2.75) is 19.9 Å². The Balaban J connectivity index is 2.02. The number of fused-ring (bicyclic) bond motifs is 1. The summed E-state index contributed by atoms with van der Waals surface area (Å²) in [5.74, 6) is 1.03. The van der Waals surface area contributed by atoms with Crippen LogP contribution >= 0.6 is 0 Å². The predicted octanol–water partition coefficient (Wildman–Crippen LogP) is 1.74. The van der Waals surface area contributed by atoms with Crippen molar-refractivity contribution in [2.24, 2.45) is 0 Å². The van der Waals surface area contributed by atoms with E-state index < -0.39 is 0 Å². The van der Waals surface area contributed by atoms with Crippen LogP contribution in [0.25, 0.3) is 11.0 Å². The van der Waals surface area contributed by atoms with Crippen molar-refractivity contribution in [2.75, 3.05) is 24.5 Å². The Morgan fingerprint density at radius 3 is 2.67 bits per heavy atom. The quantitative estimate of drug-likeness (QED) is 0.827. The van der Waals surface area contributed by atoms with Gasteiger partial charge in [-0.1, -0.05) is 12.1 Å². The van der Waals surface area contributed by atoms with Gasteiger partial charge >= 0.3 is 0 Å². The molecular formula is C14H18N4. The summed E-state index contributed by atoms with van der Waals surface area (Å²) in [5.41, 5.74) is 2.97. The number of para-hydroxylation sites is 2. The predicted molar refractivity (Wildman–Crippen MR) is 74.0 cm³/mol. The maximum Gasteiger partial charge on any atom is 0.150 e. The lowest BCUT2D eigenvalue weighted by Crippen LogP contribution is -2.49. The Kier molecular flexibility index (Phi) is 2.88. The summed E-state index contributed by atoms with van der Waals surface area (Å²) in [6.45, 7) is 7.25. The van der Waals surface area contributed by atoms with Gasteiger partial charge in [0.1, 0.15) is 0 Å². The van der Waals surface area contributed by atoms with E-state index in [0.717, 1.165) is 42.2 Å². The Morgan fingerprint density at radius 1 is 1.22 bits per heavy atom. The second kappa shape index (κ2) is 4.53. The Bertz CT molecular complexity index is 567. The first-order valence-electron chi connectivity index (χ1n) is 6.46. The molecule has 0 radical (unpaired) electrons. The molecule has 0 amide bonds. The zero-order valence-electron chi connectivity index (χ0n) is 10.8. The number of nitrogens with one attached hydrogen (secondary N) is 1. The van der Waals surface area contributed by atoms with Gasteiger partial charge in [0.25, 0.3) is 0 Å². The summed E-state index contributed by atoms with van der Waals surface area (Å²) in [5, 5.41) is 3.45. The van der Waals surface area contributed by atoms with Crippen LogP contribution < -0.4 is 10.2 Å². The first kappa shape index (κ1) is 11.4. The molecule has 2 heterocycles. The molecule has 0 saturated carbocycles. The Labute approximate surface area is 107 Å². The lowest BCUT2D eigenvalue weighted by atomic mass is 10.2. The fourth-order valence-electron chi connectivity index (χ4n) is 2.50. The Morgan fingerprint density at radius 2 is 1.94 bits per heavy atom. The molecule has 3 rings (SSSR count). The first-order chi connectivity index (χ1) is 8.74. The molecule has 1 unspecified atom stereocenters. The minimum absolute atomic E-state index is 0.506. The average molecular weight is 242 g/mol. The lowest BCUT2D eigenvalue weighted by molar-refractivity contribution is 0.481. The van der Waals surface area contributed by atoms with Crippen LogP contribution in [0.2, 0.25) is 0 Å². The monoisotopic (exact) mass is 242 g/mol. The summed E-state index contributed by atoms with van der Waals surface area (Å²) in [7, 11) is 0. The van der Waals surface area contributed by atoms with E-state index in [1.165, 1.54) is 0 Å². The van der Waals surface area contributed by atoms with Gasteiger partial charge in [0, 0.05) is 25.7 Å². The molecule has 2 aromatic rings. The molecule has 0 bridgehead atoms. The topological polar surface area (TPSA) is 41.1 Å². The minimum Gasteiger partial charge on any atom is -0.352 e. The highest BCUT2D eigenvalue weighted by Crippen LogP contribution is 2.20. The van der Waals surface area contributed by atoms with E-state index in [9.17, 15) is 0 Å². The normalized spacial score (nSPS) is 20.3. The molecule has 1 saturated heterocycles. The number of rotatable bonds is 1. The number of anilines is 1. The molecule has 4 heteroatoms. The molecular weight excluding hydrogens is 224 g/mol. The van der Waals surface area contributed by atoms with Crippen molar-refractivity contribution in [1.29, 1.82) is 0 Å².